The quantitative estimate of drug-likeness (QED) is 0.613. The van der Waals surface area contributed by atoms with Crippen molar-refractivity contribution in [3.05, 3.63) is 22.7 Å². The Morgan fingerprint density at radius 2 is 1.67 bits per heavy atom. The minimum absolute atomic E-state index is 0.123. The largest absolute Gasteiger partial charge is 0.414 e. The molecule has 4 atom stereocenters. The number of aromatic nitrogens is 2. The number of ether oxygens (including phenoxy) is 1. The van der Waals surface area contributed by atoms with E-state index in [1.807, 2.05) is 0 Å². The highest BCUT2D eigenvalue weighted by Gasteiger charge is 2.62. The SMILES string of the molecule is CC(C)[Si]1(C(C)C)OC[C@H]2O[C@@H](n3ccc(N)nc3=O)[C@@H](C#N)[C@@H]2O[Si](C(C)C)(C(C)C)O1. The lowest BCUT2D eigenvalue weighted by Gasteiger charge is -2.51. The third-order valence-electron chi connectivity index (χ3n) is 6.95. The first-order valence-corrected chi connectivity index (χ1v) is 15.8. The van der Waals surface area contributed by atoms with Crippen LogP contribution >= 0.6 is 0 Å². The molecule has 3 heterocycles. The maximum Gasteiger partial charge on any atom is 0.351 e. The van der Waals surface area contributed by atoms with Crippen molar-refractivity contribution in [2.75, 3.05) is 12.3 Å². The van der Waals surface area contributed by atoms with Gasteiger partial charge in [-0.1, -0.05) is 55.4 Å². The average Bonchev–Trinajstić information content (AvgIpc) is 3.03. The number of nitrogen functional groups attached to an aromatic ring is 1. The first kappa shape index (κ1) is 26.1. The van der Waals surface area contributed by atoms with Crippen LogP contribution in [0.1, 0.15) is 61.6 Å². The molecule has 0 aromatic carbocycles. The molecule has 0 radical (unpaired) electrons. The maximum absolute atomic E-state index is 12.6. The van der Waals surface area contributed by atoms with Crippen molar-refractivity contribution < 1.29 is 17.7 Å². The van der Waals surface area contributed by atoms with E-state index in [1.165, 1.54) is 16.8 Å². The molecule has 0 bridgehead atoms. The summed E-state index contributed by atoms with van der Waals surface area (Å²) in [6.45, 7) is 17.4. The van der Waals surface area contributed by atoms with E-state index >= 15 is 0 Å². The minimum atomic E-state index is -2.90. The summed E-state index contributed by atoms with van der Waals surface area (Å²) in [4.78, 5) is 16.4. The van der Waals surface area contributed by atoms with Crippen LogP contribution in [0.3, 0.4) is 0 Å². The maximum atomic E-state index is 12.6. The minimum Gasteiger partial charge on any atom is -0.414 e. The van der Waals surface area contributed by atoms with Crippen molar-refractivity contribution in [1.29, 1.82) is 5.26 Å². The van der Waals surface area contributed by atoms with E-state index < -0.39 is 47.2 Å². The fourth-order valence-corrected chi connectivity index (χ4v) is 16.4. The van der Waals surface area contributed by atoms with Crippen molar-refractivity contribution in [2.45, 2.75) is 96.0 Å². The fourth-order valence-electron chi connectivity index (χ4n) is 5.15. The summed E-state index contributed by atoms with van der Waals surface area (Å²) in [5, 5.41) is 10.1. The predicted octanol–water partition coefficient (Wildman–Crippen LogP) is 3.82. The Kier molecular flexibility index (Phi) is 7.58. The molecule has 0 amide bonds. The molecule has 1 aromatic rings. The van der Waals surface area contributed by atoms with Crippen molar-refractivity contribution in [3.63, 3.8) is 0 Å². The van der Waals surface area contributed by atoms with Gasteiger partial charge in [-0.3, -0.25) is 4.57 Å². The molecule has 2 aliphatic rings. The summed E-state index contributed by atoms with van der Waals surface area (Å²) in [7, 11) is -5.61. The van der Waals surface area contributed by atoms with E-state index in [-0.39, 0.29) is 34.6 Å². The second-order valence-corrected chi connectivity index (χ2v) is 19.2. The molecule has 2 N–H and O–H groups in total. The smallest absolute Gasteiger partial charge is 0.351 e. The zero-order valence-electron chi connectivity index (χ0n) is 20.9. The molecule has 2 aliphatic heterocycles. The number of rotatable bonds is 5. The number of nitrogens with zero attached hydrogens (tertiary/aromatic N) is 3. The van der Waals surface area contributed by atoms with Gasteiger partial charge in [0.2, 0.25) is 0 Å². The number of fused-ring (bicyclic) bond motifs is 1. The molecule has 184 valence electrons. The van der Waals surface area contributed by atoms with Gasteiger partial charge in [0.25, 0.3) is 0 Å². The Hall–Kier alpha value is -1.56. The van der Waals surface area contributed by atoms with Gasteiger partial charge in [-0.05, 0) is 28.2 Å². The third kappa shape index (κ3) is 4.44. The standard InChI is InChI=1S/C22H38N4O5Si2/c1-13(2)32(14(3)4)28-12-18-20(30-33(31-32,15(5)6)16(7)8)17(11-23)21(29-18)26-10-9-19(24)25-22(26)27/h9-10,13-18,20-21H,12H2,1-8H3,(H2,24,25,27)/t17-,18+,20-,21+/m0/s1. The highest BCUT2D eigenvalue weighted by molar-refractivity contribution is 6.83. The number of hydrogen-bond donors (Lipinski definition) is 1. The van der Waals surface area contributed by atoms with Crippen LogP contribution in [0.4, 0.5) is 5.82 Å². The first-order chi connectivity index (χ1) is 15.4. The fraction of sp³-hybridized carbons (Fsp3) is 0.773. The topological polar surface area (TPSA) is 122 Å². The van der Waals surface area contributed by atoms with Crippen molar-refractivity contribution >= 4 is 22.9 Å². The number of nitriles is 1. The summed E-state index contributed by atoms with van der Waals surface area (Å²) in [5.41, 5.74) is 5.76. The second kappa shape index (κ2) is 9.60. The molecule has 0 spiro atoms. The molecule has 0 unspecified atom stereocenters. The Bertz CT molecular complexity index is 929. The van der Waals surface area contributed by atoms with E-state index in [1.54, 1.807) is 0 Å². The highest BCUT2D eigenvalue weighted by Crippen LogP contribution is 2.49. The van der Waals surface area contributed by atoms with E-state index in [0.717, 1.165) is 0 Å². The summed E-state index contributed by atoms with van der Waals surface area (Å²) in [6, 6.07) is 3.86. The van der Waals surface area contributed by atoms with Crippen LogP contribution in [0.2, 0.25) is 22.2 Å². The van der Waals surface area contributed by atoms with Gasteiger partial charge in [-0.15, -0.1) is 0 Å². The normalized spacial score (nSPS) is 29.2. The second-order valence-electron chi connectivity index (χ2n) is 10.3. The van der Waals surface area contributed by atoms with Gasteiger partial charge in [-0.25, -0.2) is 4.79 Å². The lowest BCUT2D eigenvalue weighted by Crippen LogP contribution is -2.65. The highest BCUT2D eigenvalue weighted by atomic mass is 28.5. The first-order valence-electron chi connectivity index (χ1n) is 11.8. The predicted molar refractivity (Wildman–Crippen MR) is 130 cm³/mol. The molecule has 3 rings (SSSR count). The Labute approximate surface area is 198 Å². The van der Waals surface area contributed by atoms with Crippen molar-refractivity contribution in [1.82, 2.24) is 9.55 Å². The zero-order chi connectivity index (χ0) is 24.7. The van der Waals surface area contributed by atoms with Crippen LogP contribution in [0.25, 0.3) is 0 Å². The zero-order valence-corrected chi connectivity index (χ0v) is 22.9. The molecular weight excluding hydrogens is 456 g/mol. The van der Waals surface area contributed by atoms with Crippen LogP contribution < -0.4 is 11.4 Å². The average molecular weight is 495 g/mol. The van der Waals surface area contributed by atoms with Gasteiger partial charge in [0.15, 0.2) is 6.23 Å². The van der Waals surface area contributed by atoms with Gasteiger partial charge < -0.3 is 23.4 Å². The molecule has 9 nitrogen and oxygen atoms in total. The van der Waals surface area contributed by atoms with E-state index in [9.17, 15) is 10.1 Å². The lowest BCUT2D eigenvalue weighted by molar-refractivity contribution is -0.0569. The molecule has 1 aromatic heterocycles. The Balaban J connectivity index is 2.12. The molecule has 33 heavy (non-hydrogen) atoms. The van der Waals surface area contributed by atoms with Crippen LogP contribution in [-0.4, -0.2) is 45.5 Å². The van der Waals surface area contributed by atoms with Crippen molar-refractivity contribution in [3.8, 4) is 6.07 Å². The van der Waals surface area contributed by atoms with E-state index in [0.29, 0.717) is 0 Å². The van der Waals surface area contributed by atoms with Crippen LogP contribution in [0, 0.1) is 17.2 Å². The third-order valence-corrected chi connectivity index (χ3v) is 17.2. The van der Waals surface area contributed by atoms with Crippen molar-refractivity contribution in [2.24, 2.45) is 5.92 Å². The molecule has 0 aliphatic carbocycles. The molecular formula is C22H38N4O5Si2. The molecule has 0 saturated carbocycles. The van der Waals surface area contributed by atoms with Gasteiger partial charge in [0.05, 0.1) is 18.8 Å². The number of hydrogen-bond acceptors (Lipinski definition) is 8. The lowest BCUT2D eigenvalue weighted by atomic mass is 10.0. The van der Waals surface area contributed by atoms with Crippen LogP contribution in [0.5, 0.6) is 0 Å². The Morgan fingerprint density at radius 3 is 2.15 bits per heavy atom. The summed E-state index contributed by atoms with van der Waals surface area (Å²) in [5.74, 6) is -0.598. The Morgan fingerprint density at radius 1 is 1.09 bits per heavy atom. The van der Waals surface area contributed by atoms with Gasteiger partial charge in [-0.2, -0.15) is 10.2 Å². The molecule has 2 fully saturated rings. The van der Waals surface area contributed by atoms with Gasteiger partial charge >= 0.3 is 22.8 Å². The molecule has 2 saturated heterocycles. The summed E-state index contributed by atoms with van der Waals surface area (Å²) in [6.07, 6.45) is -0.394. The van der Waals surface area contributed by atoms with Crippen LogP contribution in [-0.2, 0) is 17.7 Å². The monoisotopic (exact) mass is 494 g/mol. The van der Waals surface area contributed by atoms with Gasteiger partial charge in [0, 0.05) is 6.20 Å². The number of nitrogens with two attached hydrogens (primary N) is 1. The van der Waals surface area contributed by atoms with Crippen LogP contribution in [0.15, 0.2) is 17.1 Å². The van der Waals surface area contributed by atoms with E-state index in [2.05, 4.69) is 66.4 Å². The van der Waals surface area contributed by atoms with Gasteiger partial charge in [0.1, 0.15) is 17.8 Å². The van der Waals surface area contributed by atoms with E-state index in [4.69, 9.17) is 23.4 Å². The summed E-state index contributed by atoms with van der Waals surface area (Å²) >= 11 is 0. The molecule has 11 heteroatoms. The summed E-state index contributed by atoms with van der Waals surface area (Å²) < 4.78 is 28.5. The number of anilines is 1.